The highest BCUT2D eigenvalue weighted by atomic mass is 16.4. The van der Waals surface area contributed by atoms with Gasteiger partial charge in [0.2, 0.25) is 0 Å². The molecule has 0 aliphatic carbocycles. The molecule has 14 heavy (non-hydrogen) atoms. The van der Waals surface area contributed by atoms with Crippen LogP contribution in [-0.4, -0.2) is 40.1 Å². The molecule has 1 aliphatic heterocycles. The van der Waals surface area contributed by atoms with Gasteiger partial charge in [-0.1, -0.05) is 0 Å². The molecule has 1 aliphatic rings. The van der Waals surface area contributed by atoms with E-state index in [0.717, 1.165) is 0 Å². The third-order valence-electron chi connectivity index (χ3n) is 3.19. The van der Waals surface area contributed by atoms with E-state index in [1.165, 1.54) is 0 Å². The molecular weight excluding hydrogens is 182 g/mol. The second kappa shape index (κ2) is 3.35. The van der Waals surface area contributed by atoms with Gasteiger partial charge in [-0.2, -0.15) is 4.79 Å². The van der Waals surface area contributed by atoms with Crippen molar-refractivity contribution in [3.63, 3.8) is 0 Å². The fourth-order valence-electron chi connectivity index (χ4n) is 2.02. The molecular formula is C10H18NO3+. The first kappa shape index (κ1) is 11.2. The zero-order chi connectivity index (χ0) is 11.0. The van der Waals surface area contributed by atoms with Crippen LogP contribution >= 0.6 is 0 Å². The first-order valence-electron chi connectivity index (χ1n) is 4.92. The molecule has 1 amide bonds. The number of piperidine rings is 1. The highest BCUT2D eigenvalue weighted by molar-refractivity contribution is 5.79. The Morgan fingerprint density at radius 2 is 1.71 bits per heavy atom. The Morgan fingerprint density at radius 1 is 1.29 bits per heavy atom. The highest BCUT2D eigenvalue weighted by Gasteiger charge is 2.49. The van der Waals surface area contributed by atoms with Crippen molar-refractivity contribution < 1.29 is 19.2 Å². The van der Waals surface area contributed by atoms with Gasteiger partial charge >= 0.3 is 6.09 Å². The molecule has 4 nitrogen and oxygen atoms in total. The van der Waals surface area contributed by atoms with Crippen LogP contribution in [0.15, 0.2) is 0 Å². The minimum Gasteiger partial charge on any atom is -0.435 e. The normalized spacial score (nSPS) is 22.1. The number of quaternary nitrogens is 1. The average Bonchev–Trinajstić information content (AvgIpc) is 2.02. The summed E-state index contributed by atoms with van der Waals surface area (Å²) in [5.41, 5.74) is -0.341. The molecule has 1 heterocycles. The van der Waals surface area contributed by atoms with Crippen molar-refractivity contribution in [2.75, 3.05) is 13.1 Å². The Hall–Kier alpha value is -0.900. The summed E-state index contributed by atoms with van der Waals surface area (Å²) < 4.78 is 0.0126. The Balaban J connectivity index is 2.96. The first-order chi connectivity index (χ1) is 6.29. The lowest BCUT2D eigenvalue weighted by molar-refractivity contribution is -0.904. The molecule has 0 aromatic heterocycles. The van der Waals surface area contributed by atoms with Gasteiger partial charge in [-0.15, -0.1) is 0 Å². The van der Waals surface area contributed by atoms with Crippen LogP contribution in [0.4, 0.5) is 4.79 Å². The summed E-state index contributed by atoms with van der Waals surface area (Å²) in [6.07, 6.45) is -0.0300. The average molecular weight is 200 g/mol. The van der Waals surface area contributed by atoms with E-state index in [-0.39, 0.29) is 15.8 Å². The molecule has 0 radical (unpaired) electrons. The predicted molar refractivity (Wildman–Crippen MR) is 52.0 cm³/mol. The Labute approximate surface area is 84.1 Å². The van der Waals surface area contributed by atoms with Gasteiger partial charge in [-0.05, 0) is 20.8 Å². The second-order valence-corrected chi connectivity index (χ2v) is 4.91. The van der Waals surface area contributed by atoms with E-state index in [1.54, 1.807) is 0 Å². The van der Waals surface area contributed by atoms with Crippen LogP contribution < -0.4 is 0 Å². The Morgan fingerprint density at radius 3 is 2.00 bits per heavy atom. The van der Waals surface area contributed by atoms with Gasteiger partial charge in [0.1, 0.15) is 11.3 Å². The third-order valence-corrected chi connectivity index (χ3v) is 3.19. The van der Waals surface area contributed by atoms with E-state index in [0.29, 0.717) is 25.9 Å². The predicted octanol–water partition coefficient (Wildman–Crippen LogP) is 1.64. The molecule has 0 spiro atoms. The summed E-state index contributed by atoms with van der Waals surface area (Å²) in [5.74, 6) is 0.184. The van der Waals surface area contributed by atoms with Gasteiger partial charge in [0, 0.05) is 0 Å². The number of likely N-dealkylation sites (tertiary alicyclic amines) is 1. The third kappa shape index (κ3) is 1.66. The molecule has 0 aromatic rings. The number of hydrogen-bond donors (Lipinski definition) is 1. The molecule has 1 rings (SSSR count). The minimum atomic E-state index is -0.815. The molecule has 0 aromatic carbocycles. The van der Waals surface area contributed by atoms with Crippen molar-refractivity contribution in [3.05, 3.63) is 0 Å². The van der Waals surface area contributed by atoms with Gasteiger partial charge in [0.05, 0.1) is 25.9 Å². The summed E-state index contributed by atoms with van der Waals surface area (Å²) in [5, 5.41) is 9.27. The number of rotatable bonds is 0. The van der Waals surface area contributed by atoms with E-state index in [4.69, 9.17) is 0 Å². The van der Waals surface area contributed by atoms with Crippen LogP contribution in [0.2, 0.25) is 0 Å². The first-order valence-corrected chi connectivity index (χ1v) is 4.92. The molecule has 0 atom stereocenters. The van der Waals surface area contributed by atoms with Crippen LogP contribution in [0.5, 0.6) is 0 Å². The topological polar surface area (TPSA) is 54.4 Å². The van der Waals surface area contributed by atoms with Gasteiger partial charge in [0.25, 0.3) is 0 Å². The van der Waals surface area contributed by atoms with Gasteiger partial charge in [-0.25, -0.2) is 4.48 Å². The minimum absolute atomic E-state index is 0.0126. The van der Waals surface area contributed by atoms with E-state index in [1.807, 2.05) is 20.8 Å². The van der Waals surface area contributed by atoms with Gasteiger partial charge < -0.3 is 5.11 Å². The van der Waals surface area contributed by atoms with Crippen molar-refractivity contribution in [1.29, 1.82) is 0 Å². The van der Waals surface area contributed by atoms with Crippen LogP contribution in [0.3, 0.4) is 0 Å². The lowest BCUT2D eigenvalue weighted by Gasteiger charge is -2.45. The number of carbonyl (C=O) groups is 2. The SMILES string of the molecule is CC(C)(C)[N+]1(C(=O)O)CCC(=O)CC1. The maximum atomic E-state index is 11.3. The maximum absolute atomic E-state index is 11.3. The second-order valence-electron chi connectivity index (χ2n) is 4.91. The van der Waals surface area contributed by atoms with Crippen molar-refractivity contribution in [1.82, 2.24) is 0 Å². The summed E-state index contributed by atoms with van der Waals surface area (Å²) in [6, 6.07) is 0. The van der Waals surface area contributed by atoms with Crippen LogP contribution in [0.25, 0.3) is 0 Å². The van der Waals surface area contributed by atoms with E-state index < -0.39 is 6.09 Å². The van der Waals surface area contributed by atoms with Gasteiger partial charge in [-0.3, -0.25) is 4.79 Å². The van der Waals surface area contributed by atoms with Crippen molar-refractivity contribution in [2.24, 2.45) is 0 Å². The standard InChI is InChI=1S/C10H17NO3/c1-10(2,3)11(9(13)14)6-4-8(12)5-7-11/h4-7H2,1-3H3/p+1. The summed E-state index contributed by atoms with van der Waals surface area (Å²) >= 11 is 0. The van der Waals surface area contributed by atoms with Crippen molar-refractivity contribution in [3.8, 4) is 0 Å². The summed E-state index contributed by atoms with van der Waals surface area (Å²) in [4.78, 5) is 22.4. The lowest BCUT2D eigenvalue weighted by Crippen LogP contribution is -2.66. The molecule has 80 valence electrons. The maximum Gasteiger partial charge on any atom is 0.514 e. The number of amides is 1. The zero-order valence-electron chi connectivity index (χ0n) is 9.04. The van der Waals surface area contributed by atoms with Gasteiger partial charge in [0.15, 0.2) is 0 Å². The van der Waals surface area contributed by atoms with E-state index in [2.05, 4.69) is 0 Å². The van der Waals surface area contributed by atoms with Crippen molar-refractivity contribution >= 4 is 11.9 Å². The van der Waals surface area contributed by atoms with Crippen LogP contribution in [-0.2, 0) is 4.79 Å². The summed E-state index contributed by atoms with van der Waals surface area (Å²) in [6.45, 7) is 6.60. The van der Waals surface area contributed by atoms with Crippen LogP contribution in [0, 0.1) is 0 Å². The molecule has 1 fully saturated rings. The quantitative estimate of drug-likeness (QED) is 0.605. The Kier molecular flexibility index (Phi) is 2.67. The van der Waals surface area contributed by atoms with Crippen LogP contribution in [0.1, 0.15) is 33.6 Å². The van der Waals surface area contributed by atoms with E-state index in [9.17, 15) is 14.7 Å². The summed E-state index contributed by atoms with van der Waals surface area (Å²) in [7, 11) is 0. The number of hydrogen-bond acceptors (Lipinski definition) is 2. The molecule has 1 N–H and O–H groups in total. The lowest BCUT2D eigenvalue weighted by atomic mass is 9.96. The smallest absolute Gasteiger partial charge is 0.435 e. The molecule has 1 saturated heterocycles. The molecule has 0 unspecified atom stereocenters. The van der Waals surface area contributed by atoms with Crippen molar-refractivity contribution in [2.45, 2.75) is 39.2 Å². The Bertz CT molecular complexity index is 255. The number of nitrogens with zero attached hydrogens (tertiary/aromatic N) is 1. The molecule has 4 heteroatoms. The largest absolute Gasteiger partial charge is 0.514 e. The monoisotopic (exact) mass is 200 g/mol. The number of carbonyl (C=O) groups excluding carboxylic acids is 1. The fourth-order valence-corrected chi connectivity index (χ4v) is 2.02. The number of carboxylic acid groups (broad SMARTS) is 1. The fraction of sp³-hybridized carbons (Fsp3) is 0.800. The molecule has 0 bridgehead atoms. The number of ketones is 1. The molecule has 0 saturated carbocycles. The van der Waals surface area contributed by atoms with E-state index >= 15 is 0 Å². The zero-order valence-corrected chi connectivity index (χ0v) is 9.04. The highest BCUT2D eigenvalue weighted by Crippen LogP contribution is 2.29. The number of Topliss-reactive ketones (excluding diaryl/α,β-unsaturated/α-hetero) is 1.